The predicted molar refractivity (Wildman–Crippen MR) is 78.7 cm³/mol. The first kappa shape index (κ1) is 14.8. The molecule has 106 valence electrons. The molecule has 1 aromatic rings. The fraction of sp³-hybridized carbons (Fsp3) is 0.692. The smallest absolute Gasteiger partial charge is 0.229 e. The monoisotopic (exact) mass is 301 g/mol. The highest BCUT2D eigenvalue weighted by atomic mass is 35.5. The van der Waals surface area contributed by atoms with Crippen LogP contribution < -0.4 is 0 Å². The van der Waals surface area contributed by atoms with Gasteiger partial charge in [0.2, 0.25) is 5.91 Å². The lowest BCUT2D eigenvalue weighted by molar-refractivity contribution is -0.129. The van der Waals surface area contributed by atoms with Crippen molar-refractivity contribution in [3.63, 3.8) is 0 Å². The van der Waals surface area contributed by atoms with Gasteiger partial charge in [0.05, 0.1) is 18.0 Å². The molecule has 0 spiro atoms. The van der Waals surface area contributed by atoms with E-state index in [1.165, 1.54) is 37.3 Å². The minimum absolute atomic E-state index is 0.134. The summed E-state index contributed by atoms with van der Waals surface area (Å²) in [5.41, 5.74) is 0.856. The van der Waals surface area contributed by atoms with Gasteiger partial charge in [-0.05, 0) is 25.9 Å². The second kappa shape index (κ2) is 7.22. The Labute approximate surface area is 123 Å². The van der Waals surface area contributed by atoms with Gasteiger partial charge >= 0.3 is 0 Å². The van der Waals surface area contributed by atoms with E-state index in [0.29, 0.717) is 12.3 Å². The maximum Gasteiger partial charge on any atom is 0.229 e. The molecule has 19 heavy (non-hydrogen) atoms. The molecule has 0 saturated carbocycles. The van der Waals surface area contributed by atoms with E-state index in [4.69, 9.17) is 11.6 Å². The highest BCUT2D eigenvalue weighted by molar-refractivity contribution is 7.09. The predicted octanol–water partition coefficient (Wildman–Crippen LogP) is 1.98. The first-order chi connectivity index (χ1) is 9.19. The number of carbonyl (C=O) groups is 1. The van der Waals surface area contributed by atoms with Gasteiger partial charge in [0.1, 0.15) is 5.01 Å². The van der Waals surface area contributed by atoms with Gasteiger partial charge in [-0.15, -0.1) is 22.9 Å². The zero-order valence-electron chi connectivity index (χ0n) is 11.3. The molecule has 1 aliphatic heterocycles. The number of amides is 1. The number of halogens is 1. The Morgan fingerprint density at radius 1 is 1.53 bits per heavy atom. The van der Waals surface area contributed by atoms with Gasteiger partial charge in [-0.1, -0.05) is 0 Å². The van der Waals surface area contributed by atoms with Gasteiger partial charge in [-0.25, -0.2) is 4.98 Å². The maximum absolute atomic E-state index is 12.1. The molecule has 0 aromatic carbocycles. The van der Waals surface area contributed by atoms with E-state index in [0.717, 1.165) is 23.8 Å². The van der Waals surface area contributed by atoms with Crippen molar-refractivity contribution in [1.82, 2.24) is 14.8 Å². The third-order valence-electron chi connectivity index (χ3n) is 3.41. The second-order valence-electron chi connectivity index (χ2n) is 4.91. The van der Waals surface area contributed by atoms with E-state index < -0.39 is 0 Å². The fourth-order valence-electron chi connectivity index (χ4n) is 2.18. The van der Waals surface area contributed by atoms with Crippen molar-refractivity contribution in [1.29, 1.82) is 0 Å². The number of aromatic nitrogens is 1. The number of nitrogens with zero attached hydrogens (tertiary/aromatic N) is 3. The molecule has 0 atom stereocenters. The van der Waals surface area contributed by atoms with Crippen molar-refractivity contribution >= 4 is 28.8 Å². The Hall–Kier alpha value is -0.650. The van der Waals surface area contributed by atoms with Crippen molar-refractivity contribution in [2.45, 2.75) is 25.1 Å². The SMILES string of the molecule is CN(CCN1CCCC1)C(=O)Cc1nc(CCl)cs1. The van der Waals surface area contributed by atoms with Crippen LogP contribution in [0.15, 0.2) is 5.38 Å². The number of hydrogen-bond donors (Lipinski definition) is 0. The molecule has 1 fully saturated rings. The van der Waals surface area contributed by atoms with Crippen LogP contribution in [0.3, 0.4) is 0 Å². The molecule has 0 bridgehead atoms. The quantitative estimate of drug-likeness (QED) is 0.754. The number of rotatable bonds is 6. The summed E-state index contributed by atoms with van der Waals surface area (Å²) in [7, 11) is 1.87. The molecule has 0 N–H and O–H groups in total. The Morgan fingerprint density at radius 2 is 2.26 bits per heavy atom. The summed E-state index contributed by atoms with van der Waals surface area (Å²) in [5, 5.41) is 2.77. The number of thiazole rings is 1. The first-order valence-corrected chi connectivity index (χ1v) is 8.06. The molecule has 0 unspecified atom stereocenters. The summed E-state index contributed by atoms with van der Waals surface area (Å²) in [6.07, 6.45) is 2.97. The molecule has 1 aliphatic rings. The largest absolute Gasteiger partial charge is 0.344 e. The molecular formula is C13H20ClN3OS. The van der Waals surface area contributed by atoms with Crippen LogP contribution in [0.5, 0.6) is 0 Å². The third-order valence-corrected chi connectivity index (χ3v) is 4.59. The van der Waals surface area contributed by atoms with Gasteiger partial charge in [0.15, 0.2) is 0 Å². The lowest BCUT2D eigenvalue weighted by Gasteiger charge is -2.21. The molecule has 1 saturated heterocycles. The van der Waals surface area contributed by atoms with Crippen LogP contribution in [0.4, 0.5) is 0 Å². The van der Waals surface area contributed by atoms with Crippen LogP contribution in [0.25, 0.3) is 0 Å². The lowest BCUT2D eigenvalue weighted by Crippen LogP contribution is -2.35. The van der Waals surface area contributed by atoms with E-state index in [2.05, 4.69) is 9.88 Å². The average Bonchev–Trinajstić information content (AvgIpc) is 3.06. The molecule has 1 amide bonds. The summed E-state index contributed by atoms with van der Waals surface area (Å²) < 4.78 is 0. The van der Waals surface area contributed by atoms with Crippen LogP contribution in [0, 0.1) is 0 Å². The van der Waals surface area contributed by atoms with E-state index >= 15 is 0 Å². The summed E-state index contributed by atoms with van der Waals surface area (Å²) in [6, 6.07) is 0. The van der Waals surface area contributed by atoms with Gasteiger partial charge < -0.3 is 9.80 Å². The van der Waals surface area contributed by atoms with Crippen LogP contribution in [0.1, 0.15) is 23.5 Å². The summed E-state index contributed by atoms with van der Waals surface area (Å²) in [6.45, 7) is 4.13. The zero-order chi connectivity index (χ0) is 13.7. The van der Waals surface area contributed by atoms with Crippen molar-refractivity contribution in [3.05, 3.63) is 16.1 Å². The molecule has 0 radical (unpaired) electrons. The van der Waals surface area contributed by atoms with Crippen LogP contribution in [0.2, 0.25) is 0 Å². The van der Waals surface area contributed by atoms with E-state index in [9.17, 15) is 4.79 Å². The number of likely N-dealkylation sites (N-methyl/N-ethyl adjacent to an activating group) is 1. The Balaban J connectivity index is 1.74. The average molecular weight is 302 g/mol. The zero-order valence-corrected chi connectivity index (χ0v) is 12.8. The van der Waals surface area contributed by atoms with Crippen molar-refractivity contribution < 1.29 is 4.79 Å². The Morgan fingerprint density at radius 3 is 2.89 bits per heavy atom. The molecule has 2 heterocycles. The third kappa shape index (κ3) is 4.44. The molecular weight excluding hydrogens is 282 g/mol. The topological polar surface area (TPSA) is 36.4 Å². The van der Waals surface area contributed by atoms with E-state index in [1.54, 1.807) is 4.90 Å². The maximum atomic E-state index is 12.1. The first-order valence-electron chi connectivity index (χ1n) is 6.64. The number of likely N-dealkylation sites (tertiary alicyclic amines) is 1. The van der Waals surface area contributed by atoms with Gasteiger partial charge in [0.25, 0.3) is 0 Å². The minimum Gasteiger partial charge on any atom is -0.344 e. The van der Waals surface area contributed by atoms with Crippen molar-refractivity contribution in [3.8, 4) is 0 Å². The van der Waals surface area contributed by atoms with Crippen LogP contribution in [-0.4, -0.2) is 53.9 Å². The second-order valence-corrected chi connectivity index (χ2v) is 6.12. The lowest BCUT2D eigenvalue weighted by atomic mass is 10.3. The van der Waals surface area contributed by atoms with Crippen molar-refractivity contribution in [2.75, 3.05) is 33.2 Å². The summed E-state index contributed by atoms with van der Waals surface area (Å²) in [4.78, 5) is 20.6. The molecule has 4 nitrogen and oxygen atoms in total. The van der Waals surface area contributed by atoms with E-state index in [-0.39, 0.29) is 5.91 Å². The van der Waals surface area contributed by atoms with Gasteiger partial charge in [-0.2, -0.15) is 0 Å². The van der Waals surface area contributed by atoms with Crippen LogP contribution >= 0.6 is 22.9 Å². The molecule has 2 rings (SSSR count). The van der Waals surface area contributed by atoms with Gasteiger partial charge in [-0.3, -0.25) is 4.79 Å². The van der Waals surface area contributed by atoms with Gasteiger partial charge in [0, 0.05) is 25.5 Å². The van der Waals surface area contributed by atoms with Crippen LogP contribution in [-0.2, 0) is 17.1 Å². The fourth-order valence-corrected chi connectivity index (χ4v) is 3.19. The van der Waals surface area contributed by atoms with E-state index in [1.807, 2.05) is 12.4 Å². The molecule has 6 heteroatoms. The Bertz CT molecular complexity index is 418. The van der Waals surface area contributed by atoms with Crippen molar-refractivity contribution in [2.24, 2.45) is 0 Å². The highest BCUT2D eigenvalue weighted by Gasteiger charge is 2.15. The Kier molecular flexibility index (Phi) is 5.60. The summed E-state index contributed by atoms with van der Waals surface area (Å²) in [5.74, 6) is 0.546. The summed E-state index contributed by atoms with van der Waals surface area (Å²) >= 11 is 7.21. The number of carbonyl (C=O) groups excluding carboxylic acids is 1. The number of alkyl halides is 1. The standard InChI is InChI=1S/C13H20ClN3OS/c1-16(6-7-17-4-2-3-5-17)13(18)8-12-15-11(9-14)10-19-12/h10H,2-9H2,1H3. The number of hydrogen-bond acceptors (Lipinski definition) is 4. The minimum atomic E-state index is 0.134. The normalized spacial score (nSPS) is 15.9. The molecule has 1 aromatic heterocycles. The molecule has 0 aliphatic carbocycles. The highest BCUT2D eigenvalue weighted by Crippen LogP contribution is 2.13.